The Hall–Kier alpha value is -0.810. The SMILES string of the molecule is NCCN1CCC2(CCNC2)OC1=O. The first-order valence-corrected chi connectivity index (χ1v) is 5.14. The Balaban J connectivity index is 1.95. The van der Waals surface area contributed by atoms with Gasteiger partial charge in [-0.25, -0.2) is 4.79 Å². The van der Waals surface area contributed by atoms with Crippen LogP contribution in [0, 0.1) is 0 Å². The molecule has 5 heteroatoms. The molecule has 1 atom stereocenters. The molecule has 5 nitrogen and oxygen atoms in total. The number of hydrogen-bond donors (Lipinski definition) is 2. The molecule has 3 N–H and O–H groups in total. The number of nitrogens with zero attached hydrogens (tertiary/aromatic N) is 1. The van der Waals surface area contributed by atoms with Gasteiger partial charge in [0.1, 0.15) is 5.60 Å². The van der Waals surface area contributed by atoms with Crippen molar-refractivity contribution in [1.29, 1.82) is 0 Å². The number of ether oxygens (including phenoxy) is 1. The molecular formula is C9H17N3O2. The molecule has 1 amide bonds. The van der Waals surface area contributed by atoms with Crippen molar-refractivity contribution in [2.24, 2.45) is 5.73 Å². The summed E-state index contributed by atoms with van der Waals surface area (Å²) in [4.78, 5) is 13.2. The predicted molar refractivity (Wildman–Crippen MR) is 51.9 cm³/mol. The lowest BCUT2D eigenvalue weighted by atomic mass is 9.97. The maximum absolute atomic E-state index is 11.6. The van der Waals surface area contributed by atoms with E-state index < -0.39 is 0 Å². The molecule has 80 valence electrons. The van der Waals surface area contributed by atoms with Gasteiger partial charge >= 0.3 is 6.09 Å². The first-order valence-electron chi connectivity index (χ1n) is 5.14. The van der Waals surface area contributed by atoms with Gasteiger partial charge in [-0.2, -0.15) is 0 Å². The molecule has 2 aliphatic heterocycles. The van der Waals surface area contributed by atoms with Gasteiger partial charge in [0.15, 0.2) is 0 Å². The van der Waals surface area contributed by atoms with E-state index in [-0.39, 0.29) is 11.7 Å². The van der Waals surface area contributed by atoms with E-state index in [9.17, 15) is 4.79 Å². The molecule has 14 heavy (non-hydrogen) atoms. The smallest absolute Gasteiger partial charge is 0.410 e. The number of rotatable bonds is 2. The molecule has 0 aromatic carbocycles. The van der Waals surface area contributed by atoms with Crippen molar-refractivity contribution in [3.05, 3.63) is 0 Å². The van der Waals surface area contributed by atoms with Crippen LogP contribution in [0.2, 0.25) is 0 Å². The van der Waals surface area contributed by atoms with Crippen molar-refractivity contribution in [2.75, 3.05) is 32.7 Å². The minimum Gasteiger partial charge on any atom is -0.441 e. The monoisotopic (exact) mass is 199 g/mol. The number of amides is 1. The van der Waals surface area contributed by atoms with Crippen molar-refractivity contribution >= 4 is 6.09 Å². The minimum atomic E-state index is -0.220. The van der Waals surface area contributed by atoms with Gasteiger partial charge in [0.05, 0.1) is 0 Å². The molecular weight excluding hydrogens is 182 g/mol. The summed E-state index contributed by atoms with van der Waals surface area (Å²) in [5.41, 5.74) is 5.18. The standard InChI is InChI=1S/C9H17N3O2/c10-3-6-12-5-2-9(14-8(12)13)1-4-11-7-9/h11H,1-7,10H2. The molecule has 0 bridgehead atoms. The first-order chi connectivity index (χ1) is 6.76. The van der Waals surface area contributed by atoms with Crippen LogP contribution in [-0.4, -0.2) is 49.3 Å². The number of hydrogen-bond acceptors (Lipinski definition) is 4. The fraction of sp³-hybridized carbons (Fsp3) is 0.889. The summed E-state index contributed by atoms with van der Waals surface area (Å²) in [5.74, 6) is 0. The second-order valence-corrected chi connectivity index (χ2v) is 4.00. The Bertz CT molecular complexity index is 226. The average Bonchev–Trinajstić information content (AvgIpc) is 2.59. The van der Waals surface area contributed by atoms with E-state index in [1.165, 1.54) is 0 Å². The van der Waals surface area contributed by atoms with Gasteiger partial charge in [0.2, 0.25) is 0 Å². The van der Waals surface area contributed by atoms with E-state index in [1.54, 1.807) is 4.90 Å². The molecule has 0 aromatic heterocycles. The number of carbonyl (C=O) groups excluding carboxylic acids is 1. The van der Waals surface area contributed by atoms with E-state index in [2.05, 4.69) is 5.32 Å². The summed E-state index contributed by atoms with van der Waals surface area (Å²) in [5, 5.41) is 3.23. The normalized spacial score (nSPS) is 32.4. The van der Waals surface area contributed by atoms with E-state index in [0.29, 0.717) is 13.1 Å². The Labute approximate surface area is 83.6 Å². The van der Waals surface area contributed by atoms with Crippen LogP contribution in [0.25, 0.3) is 0 Å². The highest BCUT2D eigenvalue weighted by Gasteiger charge is 2.42. The van der Waals surface area contributed by atoms with Crippen molar-refractivity contribution in [3.8, 4) is 0 Å². The highest BCUT2D eigenvalue weighted by Crippen LogP contribution is 2.28. The molecule has 1 spiro atoms. The third-order valence-electron chi connectivity index (χ3n) is 3.00. The Morgan fingerprint density at radius 3 is 3.00 bits per heavy atom. The van der Waals surface area contributed by atoms with Gasteiger partial charge in [-0.3, -0.25) is 0 Å². The van der Waals surface area contributed by atoms with Gasteiger partial charge in [0, 0.05) is 39.0 Å². The van der Waals surface area contributed by atoms with Crippen LogP contribution in [0.5, 0.6) is 0 Å². The van der Waals surface area contributed by atoms with E-state index in [1.807, 2.05) is 0 Å². The second-order valence-electron chi connectivity index (χ2n) is 4.00. The number of carbonyl (C=O) groups is 1. The summed E-state index contributed by atoms with van der Waals surface area (Å²) >= 11 is 0. The summed E-state index contributed by atoms with van der Waals surface area (Å²) in [6.45, 7) is 3.62. The van der Waals surface area contributed by atoms with Gasteiger partial charge in [-0.1, -0.05) is 0 Å². The predicted octanol–water partition coefficient (Wildman–Crippen LogP) is -0.480. The van der Waals surface area contributed by atoms with E-state index in [0.717, 1.165) is 32.5 Å². The summed E-state index contributed by atoms with van der Waals surface area (Å²) in [6, 6.07) is 0. The zero-order valence-corrected chi connectivity index (χ0v) is 8.29. The van der Waals surface area contributed by atoms with Gasteiger partial charge in [-0.15, -0.1) is 0 Å². The second kappa shape index (κ2) is 3.74. The maximum atomic E-state index is 11.6. The van der Waals surface area contributed by atoms with Crippen molar-refractivity contribution in [3.63, 3.8) is 0 Å². The average molecular weight is 199 g/mol. The summed E-state index contributed by atoms with van der Waals surface area (Å²) < 4.78 is 5.47. The van der Waals surface area contributed by atoms with Gasteiger partial charge in [-0.05, 0) is 6.54 Å². The third-order valence-corrected chi connectivity index (χ3v) is 3.00. The Kier molecular flexibility index (Phi) is 2.60. The molecule has 0 aliphatic carbocycles. The lowest BCUT2D eigenvalue weighted by molar-refractivity contribution is -0.0351. The zero-order chi connectivity index (χ0) is 10.0. The molecule has 0 radical (unpaired) electrons. The third kappa shape index (κ3) is 1.69. The van der Waals surface area contributed by atoms with E-state index in [4.69, 9.17) is 10.5 Å². The molecule has 1 unspecified atom stereocenters. The first kappa shape index (κ1) is 9.73. The van der Waals surface area contributed by atoms with Crippen LogP contribution in [0.15, 0.2) is 0 Å². The van der Waals surface area contributed by atoms with Crippen LogP contribution in [0.1, 0.15) is 12.8 Å². The molecule has 2 rings (SSSR count). The van der Waals surface area contributed by atoms with Crippen molar-refractivity contribution in [1.82, 2.24) is 10.2 Å². The Morgan fingerprint density at radius 2 is 2.43 bits per heavy atom. The molecule has 0 aromatic rings. The zero-order valence-electron chi connectivity index (χ0n) is 8.29. The molecule has 0 saturated carbocycles. The minimum absolute atomic E-state index is 0.203. The molecule has 2 heterocycles. The van der Waals surface area contributed by atoms with Gasteiger partial charge in [0.25, 0.3) is 0 Å². The van der Waals surface area contributed by atoms with Crippen LogP contribution >= 0.6 is 0 Å². The number of nitrogens with one attached hydrogen (secondary N) is 1. The van der Waals surface area contributed by atoms with E-state index >= 15 is 0 Å². The van der Waals surface area contributed by atoms with Gasteiger partial charge < -0.3 is 20.7 Å². The van der Waals surface area contributed by atoms with Crippen LogP contribution < -0.4 is 11.1 Å². The fourth-order valence-corrected chi connectivity index (χ4v) is 2.11. The topological polar surface area (TPSA) is 67.6 Å². The Morgan fingerprint density at radius 1 is 1.57 bits per heavy atom. The highest BCUT2D eigenvalue weighted by molar-refractivity contribution is 5.69. The summed E-state index contributed by atoms with van der Waals surface area (Å²) in [6.07, 6.45) is 1.66. The maximum Gasteiger partial charge on any atom is 0.410 e. The van der Waals surface area contributed by atoms with Crippen molar-refractivity contribution in [2.45, 2.75) is 18.4 Å². The van der Waals surface area contributed by atoms with Crippen LogP contribution in [0.4, 0.5) is 4.79 Å². The molecule has 2 fully saturated rings. The lowest BCUT2D eigenvalue weighted by Gasteiger charge is -2.38. The fourth-order valence-electron chi connectivity index (χ4n) is 2.11. The lowest BCUT2D eigenvalue weighted by Crippen LogP contribution is -2.51. The van der Waals surface area contributed by atoms with Crippen molar-refractivity contribution < 1.29 is 9.53 Å². The highest BCUT2D eigenvalue weighted by atomic mass is 16.6. The number of nitrogens with two attached hydrogens (primary N) is 1. The van der Waals surface area contributed by atoms with Crippen LogP contribution in [0.3, 0.4) is 0 Å². The molecule has 2 aliphatic rings. The summed E-state index contributed by atoms with van der Waals surface area (Å²) in [7, 11) is 0. The van der Waals surface area contributed by atoms with Crippen LogP contribution in [-0.2, 0) is 4.74 Å². The quantitative estimate of drug-likeness (QED) is 0.630. The molecule has 2 saturated heterocycles. The largest absolute Gasteiger partial charge is 0.441 e.